The number of hydrogen-bond donors (Lipinski definition) is 2. The highest BCUT2D eigenvalue weighted by molar-refractivity contribution is 7.89. The first-order valence-electron chi connectivity index (χ1n) is 7.16. The van der Waals surface area contributed by atoms with Gasteiger partial charge >= 0.3 is 0 Å². The first-order chi connectivity index (χ1) is 9.49. The highest BCUT2D eigenvalue weighted by atomic mass is 32.2. The standard InChI is InChI=1S/C14H22N2O3S/c1-11-2-4-12(5-3-11)6-9-16-20(18,19)14-10-15-8-7-13(14)17/h7-8,10-12,16H,2-6,9H2,1H3,(H,15,17). The number of sulfonamides is 1. The van der Waals surface area contributed by atoms with Crippen molar-refractivity contribution in [1.82, 2.24) is 9.71 Å². The van der Waals surface area contributed by atoms with E-state index in [4.69, 9.17) is 0 Å². The number of aromatic nitrogens is 1. The van der Waals surface area contributed by atoms with Crippen LogP contribution in [0.25, 0.3) is 0 Å². The van der Waals surface area contributed by atoms with Crippen LogP contribution in [0.3, 0.4) is 0 Å². The fourth-order valence-corrected chi connectivity index (χ4v) is 3.80. The maximum Gasteiger partial charge on any atom is 0.245 e. The summed E-state index contributed by atoms with van der Waals surface area (Å²) < 4.78 is 26.6. The van der Waals surface area contributed by atoms with E-state index in [0.29, 0.717) is 12.5 Å². The highest BCUT2D eigenvalue weighted by Crippen LogP contribution is 2.29. The molecule has 1 saturated carbocycles. The van der Waals surface area contributed by atoms with E-state index in [1.54, 1.807) is 0 Å². The van der Waals surface area contributed by atoms with E-state index >= 15 is 0 Å². The Morgan fingerprint density at radius 3 is 2.65 bits per heavy atom. The number of pyridine rings is 1. The quantitative estimate of drug-likeness (QED) is 0.871. The molecule has 0 radical (unpaired) electrons. The Morgan fingerprint density at radius 2 is 2.00 bits per heavy atom. The molecule has 1 aliphatic rings. The molecule has 1 aliphatic carbocycles. The van der Waals surface area contributed by atoms with Gasteiger partial charge in [-0.25, -0.2) is 13.1 Å². The van der Waals surface area contributed by atoms with Gasteiger partial charge in [-0.3, -0.25) is 4.79 Å². The molecule has 0 atom stereocenters. The monoisotopic (exact) mass is 298 g/mol. The van der Waals surface area contributed by atoms with E-state index in [0.717, 1.165) is 12.3 Å². The predicted octanol–water partition coefficient (Wildman–Crippen LogP) is 1.87. The summed E-state index contributed by atoms with van der Waals surface area (Å²) in [5.41, 5.74) is -0.484. The smallest absolute Gasteiger partial charge is 0.245 e. The maximum absolute atomic E-state index is 12.0. The van der Waals surface area contributed by atoms with Crippen molar-refractivity contribution in [1.29, 1.82) is 0 Å². The van der Waals surface area contributed by atoms with Crippen LogP contribution < -0.4 is 10.2 Å². The number of H-pyrrole nitrogens is 1. The molecular formula is C14H22N2O3S. The Kier molecular flexibility index (Phi) is 4.99. The molecule has 6 heteroatoms. The van der Waals surface area contributed by atoms with E-state index in [-0.39, 0.29) is 4.90 Å². The Hall–Kier alpha value is -1.14. The van der Waals surface area contributed by atoms with Crippen LogP contribution in [0.15, 0.2) is 28.2 Å². The first kappa shape index (κ1) is 15.3. The normalized spacial score (nSPS) is 23.6. The van der Waals surface area contributed by atoms with Crippen LogP contribution in [-0.2, 0) is 10.0 Å². The molecule has 0 amide bonds. The van der Waals surface area contributed by atoms with Crippen molar-refractivity contribution in [2.24, 2.45) is 11.8 Å². The van der Waals surface area contributed by atoms with Gasteiger partial charge in [0.1, 0.15) is 4.90 Å². The molecule has 1 aromatic heterocycles. The van der Waals surface area contributed by atoms with E-state index in [1.807, 2.05) is 0 Å². The third-order valence-electron chi connectivity index (χ3n) is 4.06. The topological polar surface area (TPSA) is 79.0 Å². The summed E-state index contributed by atoms with van der Waals surface area (Å²) in [5, 5.41) is 0. The van der Waals surface area contributed by atoms with E-state index < -0.39 is 15.5 Å². The average Bonchev–Trinajstić information content (AvgIpc) is 2.41. The molecule has 5 nitrogen and oxygen atoms in total. The average molecular weight is 298 g/mol. The van der Waals surface area contributed by atoms with Gasteiger partial charge in [0, 0.05) is 25.0 Å². The molecule has 1 heterocycles. The number of rotatable bonds is 5. The predicted molar refractivity (Wildman–Crippen MR) is 78.0 cm³/mol. The first-order valence-corrected chi connectivity index (χ1v) is 8.64. The minimum Gasteiger partial charge on any atom is -0.366 e. The SMILES string of the molecule is CC1CCC(CCNS(=O)(=O)c2c[nH]ccc2=O)CC1. The minimum atomic E-state index is -3.70. The van der Waals surface area contributed by atoms with Crippen LogP contribution in [0.1, 0.15) is 39.0 Å². The molecule has 0 bridgehead atoms. The minimum absolute atomic E-state index is 0.211. The van der Waals surface area contributed by atoms with Crippen molar-refractivity contribution in [3.63, 3.8) is 0 Å². The van der Waals surface area contributed by atoms with Crippen LogP contribution in [0, 0.1) is 11.8 Å². The molecule has 0 spiro atoms. The second-order valence-electron chi connectivity index (χ2n) is 5.69. The van der Waals surface area contributed by atoms with Crippen LogP contribution in [0.5, 0.6) is 0 Å². The molecule has 2 N–H and O–H groups in total. The van der Waals surface area contributed by atoms with Gasteiger partial charge in [0.15, 0.2) is 0 Å². The summed E-state index contributed by atoms with van der Waals surface area (Å²) in [7, 11) is -3.70. The summed E-state index contributed by atoms with van der Waals surface area (Å²) in [5.74, 6) is 1.40. The largest absolute Gasteiger partial charge is 0.366 e. The number of nitrogens with one attached hydrogen (secondary N) is 2. The molecule has 0 unspecified atom stereocenters. The second kappa shape index (κ2) is 6.54. The van der Waals surface area contributed by atoms with E-state index in [2.05, 4.69) is 16.6 Å². The summed E-state index contributed by atoms with van der Waals surface area (Å²) in [6.45, 7) is 2.66. The second-order valence-corrected chi connectivity index (χ2v) is 7.42. The lowest BCUT2D eigenvalue weighted by Gasteiger charge is -2.26. The van der Waals surface area contributed by atoms with Gasteiger partial charge in [-0.2, -0.15) is 0 Å². The number of aromatic amines is 1. The summed E-state index contributed by atoms with van der Waals surface area (Å²) in [6.07, 6.45) is 8.31. The van der Waals surface area contributed by atoms with Crippen molar-refractivity contribution in [2.45, 2.75) is 43.9 Å². The third kappa shape index (κ3) is 3.93. The van der Waals surface area contributed by atoms with Gasteiger partial charge in [0.25, 0.3) is 0 Å². The van der Waals surface area contributed by atoms with Crippen LogP contribution >= 0.6 is 0 Å². The molecule has 0 saturated heterocycles. The Morgan fingerprint density at radius 1 is 1.30 bits per heavy atom. The summed E-state index contributed by atoms with van der Waals surface area (Å²) in [4.78, 5) is 14.0. The molecule has 1 fully saturated rings. The Labute approximate surface area is 119 Å². The lowest BCUT2D eigenvalue weighted by Crippen LogP contribution is -2.30. The van der Waals surface area contributed by atoms with Crippen LogP contribution in [0.2, 0.25) is 0 Å². The van der Waals surface area contributed by atoms with Crippen molar-refractivity contribution in [2.75, 3.05) is 6.54 Å². The zero-order valence-corrected chi connectivity index (χ0v) is 12.6. The van der Waals surface area contributed by atoms with Gasteiger partial charge in [0.05, 0.1) is 0 Å². The Bertz CT molecular complexity index is 586. The number of hydrogen-bond acceptors (Lipinski definition) is 3. The molecule has 0 aliphatic heterocycles. The van der Waals surface area contributed by atoms with E-state index in [1.165, 1.54) is 44.1 Å². The highest BCUT2D eigenvalue weighted by Gasteiger charge is 2.20. The molecule has 2 rings (SSSR count). The Balaban J connectivity index is 1.87. The fraction of sp³-hybridized carbons (Fsp3) is 0.643. The molecule has 112 valence electrons. The summed E-state index contributed by atoms with van der Waals surface area (Å²) in [6, 6.07) is 1.22. The molecule has 20 heavy (non-hydrogen) atoms. The van der Waals surface area contributed by atoms with Crippen molar-refractivity contribution in [3.05, 3.63) is 28.7 Å². The third-order valence-corrected chi connectivity index (χ3v) is 5.54. The molecular weight excluding hydrogens is 276 g/mol. The molecule has 0 aromatic carbocycles. The lowest BCUT2D eigenvalue weighted by molar-refractivity contribution is 0.278. The van der Waals surface area contributed by atoms with E-state index in [9.17, 15) is 13.2 Å². The fourth-order valence-electron chi connectivity index (χ4n) is 2.70. The zero-order valence-electron chi connectivity index (χ0n) is 11.8. The van der Waals surface area contributed by atoms with Gasteiger partial charge in [-0.05, 0) is 18.3 Å². The van der Waals surface area contributed by atoms with Crippen LogP contribution in [-0.4, -0.2) is 19.9 Å². The van der Waals surface area contributed by atoms with Crippen molar-refractivity contribution < 1.29 is 8.42 Å². The van der Waals surface area contributed by atoms with Gasteiger partial charge in [0.2, 0.25) is 15.5 Å². The lowest BCUT2D eigenvalue weighted by atomic mass is 9.81. The molecule has 1 aromatic rings. The van der Waals surface area contributed by atoms with Crippen LogP contribution in [0.4, 0.5) is 0 Å². The summed E-state index contributed by atoms with van der Waals surface area (Å²) >= 11 is 0. The zero-order chi connectivity index (χ0) is 14.6. The van der Waals surface area contributed by atoms with Gasteiger partial charge in [-0.1, -0.05) is 32.6 Å². The van der Waals surface area contributed by atoms with Crippen molar-refractivity contribution in [3.8, 4) is 0 Å². The van der Waals surface area contributed by atoms with Crippen molar-refractivity contribution >= 4 is 10.0 Å². The maximum atomic E-state index is 12.0. The van der Waals surface area contributed by atoms with Gasteiger partial charge < -0.3 is 4.98 Å². The van der Waals surface area contributed by atoms with Gasteiger partial charge in [-0.15, -0.1) is 0 Å².